The van der Waals surface area contributed by atoms with E-state index in [1.165, 1.54) is 0 Å². The van der Waals surface area contributed by atoms with E-state index in [4.69, 9.17) is 15.2 Å². The molecule has 2 aromatic rings. The minimum atomic E-state index is -2.74. The van der Waals surface area contributed by atoms with Crippen LogP contribution in [0.1, 0.15) is 25.3 Å². The van der Waals surface area contributed by atoms with Crippen molar-refractivity contribution in [2.24, 2.45) is 11.7 Å². The largest absolute Gasteiger partial charge is 0.491 e. The number of anilines is 1. The molecule has 2 N–H and O–H groups in total. The van der Waals surface area contributed by atoms with Crippen molar-refractivity contribution >= 4 is 17.8 Å². The predicted octanol–water partition coefficient (Wildman–Crippen LogP) is 2.73. The fraction of sp³-hybridized carbons (Fsp3) is 0.476. The van der Waals surface area contributed by atoms with Crippen LogP contribution in [0.2, 0.25) is 0 Å². The summed E-state index contributed by atoms with van der Waals surface area (Å²) in [4.78, 5) is 29.3. The molecule has 164 valence electrons. The lowest BCUT2D eigenvalue weighted by molar-refractivity contribution is -0.121. The van der Waals surface area contributed by atoms with E-state index in [1.807, 2.05) is 18.2 Å². The van der Waals surface area contributed by atoms with Crippen molar-refractivity contribution < 1.29 is 27.8 Å². The van der Waals surface area contributed by atoms with Crippen LogP contribution in [-0.2, 0) is 22.5 Å². The SMILES string of the molecule is C[C@H](Cc1ccc2c(c1)OCCn1cc(N3C(=O)OC4(CC4)[C@H]3C(F)F)nc1-2)C(N)=O. The van der Waals surface area contributed by atoms with Gasteiger partial charge in [0.2, 0.25) is 5.91 Å². The number of fused-ring (bicyclic) bond motifs is 3. The molecule has 1 spiro atoms. The standard InChI is InChI=1S/C21H22F2N4O4/c1-11(18(24)28)8-12-2-3-13-14(9-12)30-7-6-26-10-15(25-19(13)26)27-16(17(22)23)21(4-5-21)31-20(27)29/h2-3,9-11,16-17H,4-8H2,1H3,(H2,24,28)/t11-,16-/m1/s1. The first-order chi connectivity index (χ1) is 14.8. The lowest BCUT2D eigenvalue weighted by Gasteiger charge is -2.21. The lowest BCUT2D eigenvalue weighted by Crippen LogP contribution is -2.43. The molecule has 0 unspecified atom stereocenters. The van der Waals surface area contributed by atoms with Gasteiger partial charge in [0.25, 0.3) is 6.43 Å². The minimum absolute atomic E-state index is 0.147. The van der Waals surface area contributed by atoms with Crippen LogP contribution in [0.15, 0.2) is 24.4 Å². The molecule has 8 nitrogen and oxygen atoms in total. The number of alkyl halides is 2. The van der Waals surface area contributed by atoms with Crippen LogP contribution in [-0.4, -0.2) is 46.2 Å². The zero-order valence-corrected chi connectivity index (χ0v) is 16.9. The Bertz CT molecular complexity index is 1070. The van der Waals surface area contributed by atoms with Crippen LogP contribution in [0.5, 0.6) is 5.75 Å². The van der Waals surface area contributed by atoms with Gasteiger partial charge in [0.15, 0.2) is 5.82 Å². The van der Waals surface area contributed by atoms with Crippen molar-refractivity contribution in [1.29, 1.82) is 0 Å². The fourth-order valence-corrected chi connectivity index (χ4v) is 4.34. The van der Waals surface area contributed by atoms with Crippen LogP contribution < -0.4 is 15.4 Å². The molecule has 1 aliphatic carbocycles. The third kappa shape index (κ3) is 3.21. The number of carbonyl (C=O) groups is 2. The summed E-state index contributed by atoms with van der Waals surface area (Å²) in [5, 5.41) is 0. The normalized spacial score (nSPS) is 21.9. The Morgan fingerprint density at radius 2 is 2.16 bits per heavy atom. The second-order valence-electron chi connectivity index (χ2n) is 8.38. The number of halogens is 2. The fourth-order valence-electron chi connectivity index (χ4n) is 4.34. The third-order valence-corrected chi connectivity index (χ3v) is 6.20. The highest BCUT2D eigenvalue weighted by molar-refractivity contribution is 5.91. The maximum Gasteiger partial charge on any atom is 0.416 e. The molecule has 31 heavy (non-hydrogen) atoms. The molecule has 2 fully saturated rings. The summed E-state index contributed by atoms with van der Waals surface area (Å²) in [6, 6.07) is 4.18. The second kappa shape index (κ2) is 6.93. The number of hydrogen-bond donors (Lipinski definition) is 1. The molecule has 2 amide bonds. The van der Waals surface area contributed by atoms with E-state index < -0.39 is 24.2 Å². The molecule has 1 aromatic carbocycles. The number of hydrogen-bond acceptors (Lipinski definition) is 5. The van der Waals surface area contributed by atoms with E-state index in [2.05, 4.69) is 4.98 Å². The summed E-state index contributed by atoms with van der Waals surface area (Å²) in [6.45, 7) is 2.55. The highest BCUT2D eigenvalue weighted by Gasteiger charge is 2.66. The van der Waals surface area contributed by atoms with E-state index >= 15 is 0 Å². The Hall–Kier alpha value is -3.17. The molecular weight excluding hydrogens is 410 g/mol. The number of primary amides is 1. The predicted molar refractivity (Wildman–Crippen MR) is 106 cm³/mol. The maximum absolute atomic E-state index is 13.8. The van der Waals surface area contributed by atoms with E-state index in [1.54, 1.807) is 17.7 Å². The van der Waals surface area contributed by atoms with Gasteiger partial charge >= 0.3 is 6.09 Å². The van der Waals surface area contributed by atoms with Crippen LogP contribution in [0.4, 0.5) is 19.4 Å². The molecule has 0 radical (unpaired) electrons. The van der Waals surface area contributed by atoms with Crippen LogP contribution in [0.25, 0.3) is 11.4 Å². The van der Waals surface area contributed by atoms with Crippen LogP contribution >= 0.6 is 0 Å². The Balaban J connectivity index is 1.50. The van der Waals surface area contributed by atoms with Gasteiger partial charge in [0, 0.05) is 12.1 Å². The monoisotopic (exact) mass is 432 g/mol. The molecule has 1 saturated heterocycles. The van der Waals surface area contributed by atoms with Gasteiger partial charge in [-0.25, -0.2) is 23.5 Å². The van der Waals surface area contributed by atoms with Gasteiger partial charge in [-0.1, -0.05) is 13.0 Å². The Morgan fingerprint density at radius 3 is 2.84 bits per heavy atom. The first kappa shape index (κ1) is 19.8. The summed E-state index contributed by atoms with van der Waals surface area (Å²) in [5.74, 6) is 0.552. The first-order valence-electron chi connectivity index (χ1n) is 10.2. The van der Waals surface area contributed by atoms with Gasteiger partial charge in [0.1, 0.15) is 29.8 Å². The molecule has 10 heteroatoms. The highest BCUT2D eigenvalue weighted by Crippen LogP contribution is 2.52. The summed E-state index contributed by atoms with van der Waals surface area (Å²) < 4.78 is 40.6. The minimum Gasteiger partial charge on any atom is -0.491 e. The van der Waals surface area contributed by atoms with Gasteiger partial charge < -0.3 is 19.8 Å². The molecule has 3 heterocycles. The maximum atomic E-state index is 13.8. The number of rotatable bonds is 5. The quantitative estimate of drug-likeness (QED) is 0.783. The number of benzene rings is 1. The van der Waals surface area contributed by atoms with E-state index in [0.717, 1.165) is 10.5 Å². The molecule has 1 aromatic heterocycles. The lowest BCUT2D eigenvalue weighted by atomic mass is 9.99. The number of imidazole rings is 1. The van der Waals surface area contributed by atoms with Crippen LogP contribution in [0, 0.1) is 5.92 Å². The molecule has 2 atom stereocenters. The first-order valence-corrected chi connectivity index (χ1v) is 10.2. The Kier molecular flexibility index (Phi) is 4.42. The van der Waals surface area contributed by atoms with Crippen molar-refractivity contribution in [1.82, 2.24) is 9.55 Å². The molecule has 0 bridgehead atoms. The molecular formula is C21H22F2N4O4. The molecule has 5 rings (SSSR count). The van der Waals surface area contributed by atoms with Crippen molar-refractivity contribution in [3.8, 4) is 17.1 Å². The van der Waals surface area contributed by atoms with Gasteiger partial charge in [-0.05, 0) is 37.0 Å². The van der Waals surface area contributed by atoms with Crippen LogP contribution in [0.3, 0.4) is 0 Å². The average molecular weight is 432 g/mol. The average Bonchev–Trinajstić information content (AvgIpc) is 3.29. The topological polar surface area (TPSA) is 99.7 Å². The Morgan fingerprint density at radius 1 is 1.39 bits per heavy atom. The van der Waals surface area contributed by atoms with Gasteiger partial charge in [-0.15, -0.1) is 0 Å². The van der Waals surface area contributed by atoms with Gasteiger partial charge in [-0.2, -0.15) is 0 Å². The summed E-state index contributed by atoms with van der Waals surface area (Å²) >= 11 is 0. The van der Waals surface area contributed by atoms with E-state index in [0.29, 0.717) is 49.6 Å². The number of nitrogens with zero attached hydrogens (tertiary/aromatic N) is 3. The van der Waals surface area contributed by atoms with Gasteiger partial charge in [0.05, 0.1) is 12.1 Å². The zero-order chi connectivity index (χ0) is 21.9. The number of ether oxygens (including phenoxy) is 2. The smallest absolute Gasteiger partial charge is 0.416 e. The van der Waals surface area contributed by atoms with Crippen molar-refractivity contribution in [3.05, 3.63) is 30.0 Å². The van der Waals surface area contributed by atoms with E-state index in [9.17, 15) is 18.4 Å². The van der Waals surface area contributed by atoms with Crippen molar-refractivity contribution in [2.45, 2.75) is 50.8 Å². The number of carbonyl (C=O) groups excluding carboxylic acids is 2. The third-order valence-electron chi connectivity index (χ3n) is 6.20. The number of aromatic nitrogens is 2. The summed E-state index contributed by atoms with van der Waals surface area (Å²) in [6.07, 6.45) is -0.593. The highest BCUT2D eigenvalue weighted by atomic mass is 19.3. The second-order valence-corrected chi connectivity index (χ2v) is 8.38. The molecule has 2 aliphatic heterocycles. The van der Waals surface area contributed by atoms with Gasteiger partial charge in [-0.3, -0.25) is 4.79 Å². The van der Waals surface area contributed by atoms with Crippen molar-refractivity contribution in [2.75, 3.05) is 11.5 Å². The molecule has 3 aliphatic rings. The number of amides is 2. The van der Waals surface area contributed by atoms with Crippen molar-refractivity contribution in [3.63, 3.8) is 0 Å². The van der Waals surface area contributed by atoms with E-state index in [-0.39, 0.29) is 17.6 Å². The zero-order valence-electron chi connectivity index (χ0n) is 16.9. The summed E-state index contributed by atoms with van der Waals surface area (Å²) in [5.41, 5.74) is 5.83. The summed E-state index contributed by atoms with van der Waals surface area (Å²) in [7, 11) is 0. The molecule has 1 saturated carbocycles. The Labute approximate surface area is 176 Å². The number of nitrogens with two attached hydrogens (primary N) is 1.